The molecule has 1 aromatic carbocycles. The highest BCUT2D eigenvalue weighted by Crippen LogP contribution is 2.51. The standard InChI is InChI=1S/C19H22N6O3S/c1-12-2-3-13(29(27,28)24-18-4-6-19(26,10-18)7-5-18)8-14(12)15-9-21-17-16(20)22-11-23-25(15)17/h2-3,8-9,11,24,26H,4-7,10H2,1H3,(H2,20,22,23). The SMILES string of the molecule is Cc1ccc(S(=O)(=O)NC23CCC(O)(CC2)C3)cc1-c1cnc2c(N)ncnn12. The molecule has 29 heavy (non-hydrogen) atoms. The summed E-state index contributed by atoms with van der Waals surface area (Å²) in [5, 5.41) is 14.6. The van der Waals surface area contributed by atoms with Gasteiger partial charge in [-0.2, -0.15) is 5.10 Å². The number of nitrogens with zero attached hydrogens (tertiary/aromatic N) is 4. The molecule has 5 rings (SSSR count). The van der Waals surface area contributed by atoms with Gasteiger partial charge in [-0.15, -0.1) is 0 Å². The Labute approximate surface area is 168 Å². The molecular weight excluding hydrogens is 392 g/mol. The molecule has 0 radical (unpaired) electrons. The summed E-state index contributed by atoms with van der Waals surface area (Å²) >= 11 is 0. The van der Waals surface area contributed by atoms with Crippen molar-refractivity contribution in [3.63, 3.8) is 0 Å². The summed E-state index contributed by atoms with van der Waals surface area (Å²) in [6, 6.07) is 5.00. The molecule has 2 heterocycles. The van der Waals surface area contributed by atoms with Gasteiger partial charge in [-0.05, 0) is 56.7 Å². The zero-order valence-corrected chi connectivity index (χ0v) is 16.8. The predicted molar refractivity (Wildman–Crippen MR) is 106 cm³/mol. The van der Waals surface area contributed by atoms with Gasteiger partial charge >= 0.3 is 0 Å². The van der Waals surface area contributed by atoms with Crippen LogP contribution in [0.1, 0.15) is 37.7 Å². The van der Waals surface area contributed by atoms with Crippen molar-refractivity contribution in [2.75, 3.05) is 5.73 Å². The zero-order chi connectivity index (χ0) is 20.4. The number of sulfonamides is 1. The Balaban J connectivity index is 1.55. The minimum absolute atomic E-state index is 0.173. The van der Waals surface area contributed by atoms with E-state index in [2.05, 4.69) is 19.8 Å². The van der Waals surface area contributed by atoms with Gasteiger partial charge in [0.05, 0.1) is 22.4 Å². The molecule has 2 saturated carbocycles. The Morgan fingerprint density at radius 2 is 1.97 bits per heavy atom. The lowest BCUT2D eigenvalue weighted by molar-refractivity contribution is 0.0521. The minimum atomic E-state index is -3.75. The highest BCUT2D eigenvalue weighted by molar-refractivity contribution is 7.89. The van der Waals surface area contributed by atoms with Crippen LogP contribution in [0.25, 0.3) is 16.9 Å². The van der Waals surface area contributed by atoms with Gasteiger partial charge in [0, 0.05) is 11.1 Å². The number of fused-ring (bicyclic) bond motifs is 3. The van der Waals surface area contributed by atoms with Crippen molar-refractivity contribution >= 4 is 21.5 Å². The molecule has 0 spiro atoms. The molecular formula is C19H22N6O3S. The number of imidazole rings is 1. The second kappa shape index (κ2) is 5.97. The molecule has 4 N–H and O–H groups in total. The van der Waals surface area contributed by atoms with Crippen molar-refractivity contribution in [1.82, 2.24) is 24.3 Å². The van der Waals surface area contributed by atoms with E-state index in [4.69, 9.17) is 5.73 Å². The van der Waals surface area contributed by atoms with E-state index in [-0.39, 0.29) is 10.7 Å². The molecule has 9 nitrogen and oxygen atoms in total. The van der Waals surface area contributed by atoms with Crippen LogP contribution in [0.3, 0.4) is 0 Å². The van der Waals surface area contributed by atoms with Crippen molar-refractivity contribution in [1.29, 1.82) is 0 Å². The number of nitrogen functional groups attached to an aromatic ring is 1. The van der Waals surface area contributed by atoms with Crippen LogP contribution in [0.15, 0.2) is 35.6 Å². The number of nitrogens with two attached hydrogens (primary N) is 1. The summed E-state index contributed by atoms with van der Waals surface area (Å²) in [5.74, 6) is 0.253. The highest BCUT2D eigenvalue weighted by atomic mass is 32.2. The largest absolute Gasteiger partial charge is 0.390 e. The number of hydrogen-bond acceptors (Lipinski definition) is 7. The molecule has 2 bridgehead atoms. The van der Waals surface area contributed by atoms with Crippen LogP contribution in [0.5, 0.6) is 0 Å². The molecule has 3 aromatic rings. The molecule has 2 aromatic heterocycles. The lowest BCUT2D eigenvalue weighted by Gasteiger charge is -2.27. The first-order valence-electron chi connectivity index (χ1n) is 9.52. The summed E-state index contributed by atoms with van der Waals surface area (Å²) in [7, 11) is -3.75. The van der Waals surface area contributed by atoms with Crippen LogP contribution in [0.2, 0.25) is 0 Å². The van der Waals surface area contributed by atoms with E-state index in [1.165, 1.54) is 6.33 Å². The van der Waals surface area contributed by atoms with E-state index in [9.17, 15) is 13.5 Å². The van der Waals surface area contributed by atoms with Crippen LogP contribution < -0.4 is 10.5 Å². The molecule has 0 atom stereocenters. The first-order chi connectivity index (χ1) is 13.7. The number of aliphatic hydroxyl groups is 1. The molecule has 2 fully saturated rings. The average molecular weight is 414 g/mol. The molecule has 152 valence electrons. The Morgan fingerprint density at radius 3 is 2.66 bits per heavy atom. The first-order valence-corrected chi connectivity index (χ1v) is 11.0. The maximum absolute atomic E-state index is 13.2. The lowest BCUT2D eigenvalue weighted by atomic mass is 9.94. The summed E-state index contributed by atoms with van der Waals surface area (Å²) in [4.78, 5) is 8.38. The number of benzene rings is 1. The van der Waals surface area contributed by atoms with Crippen molar-refractivity contribution in [3.8, 4) is 11.3 Å². The molecule has 0 aliphatic heterocycles. The van der Waals surface area contributed by atoms with Crippen molar-refractivity contribution in [2.45, 2.75) is 55.1 Å². The number of anilines is 1. The minimum Gasteiger partial charge on any atom is -0.390 e. The van der Waals surface area contributed by atoms with Crippen LogP contribution in [-0.2, 0) is 10.0 Å². The Hall–Kier alpha value is -2.56. The van der Waals surface area contributed by atoms with E-state index in [0.717, 1.165) is 5.56 Å². The molecule has 2 aliphatic carbocycles. The maximum atomic E-state index is 13.2. The van der Waals surface area contributed by atoms with E-state index >= 15 is 0 Å². The van der Waals surface area contributed by atoms with Gasteiger partial charge in [-0.3, -0.25) is 0 Å². The van der Waals surface area contributed by atoms with Gasteiger partial charge in [0.1, 0.15) is 6.33 Å². The molecule has 0 unspecified atom stereocenters. The summed E-state index contributed by atoms with van der Waals surface area (Å²) in [6.07, 6.45) is 6.01. The summed E-state index contributed by atoms with van der Waals surface area (Å²) < 4.78 is 30.8. The fourth-order valence-corrected chi connectivity index (χ4v) is 6.21. The number of rotatable bonds is 4. The molecule has 2 aliphatic rings. The van der Waals surface area contributed by atoms with Gasteiger partial charge in [0.25, 0.3) is 0 Å². The summed E-state index contributed by atoms with van der Waals surface area (Å²) in [5.41, 5.74) is 7.23. The third kappa shape index (κ3) is 2.90. The maximum Gasteiger partial charge on any atom is 0.241 e. The third-order valence-electron chi connectivity index (χ3n) is 6.28. The first kappa shape index (κ1) is 18.5. The van der Waals surface area contributed by atoms with Crippen LogP contribution >= 0.6 is 0 Å². The fourth-order valence-electron chi connectivity index (χ4n) is 4.72. The van der Waals surface area contributed by atoms with Gasteiger partial charge in [-0.1, -0.05) is 6.07 Å². The van der Waals surface area contributed by atoms with Crippen LogP contribution in [0, 0.1) is 6.92 Å². The Kier molecular flexibility index (Phi) is 3.80. The molecule has 0 saturated heterocycles. The molecule has 0 amide bonds. The molecule has 10 heteroatoms. The van der Waals surface area contributed by atoms with Crippen molar-refractivity contribution in [2.24, 2.45) is 0 Å². The van der Waals surface area contributed by atoms with E-state index in [1.807, 2.05) is 6.92 Å². The predicted octanol–water partition coefficient (Wildman–Crippen LogP) is 1.41. The normalized spacial score (nSPS) is 26.4. The monoisotopic (exact) mass is 414 g/mol. The van der Waals surface area contributed by atoms with Gasteiger partial charge in [0.2, 0.25) is 10.0 Å². The van der Waals surface area contributed by atoms with Crippen molar-refractivity contribution < 1.29 is 13.5 Å². The quantitative estimate of drug-likeness (QED) is 0.587. The van der Waals surface area contributed by atoms with Crippen molar-refractivity contribution in [3.05, 3.63) is 36.3 Å². The number of aryl methyl sites for hydroxylation is 1. The number of hydrogen-bond donors (Lipinski definition) is 3. The van der Waals surface area contributed by atoms with Gasteiger partial charge in [-0.25, -0.2) is 27.6 Å². The fraction of sp³-hybridized carbons (Fsp3) is 0.421. The van der Waals surface area contributed by atoms with Crippen LogP contribution in [-0.4, -0.2) is 44.2 Å². The van der Waals surface area contributed by atoms with Gasteiger partial charge in [0.15, 0.2) is 11.5 Å². The number of aromatic nitrogens is 4. The third-order valence-corrected chi connectivity index (χ3v) is 7.86. The lowest BCUT2D eigenvalue weighted by Crippen LogP contribution is -2.44. The topological polar surface area (TPSA) is 136 Å². The van der Waals surface area contributed by atoms with E-state index in [0.29, 0.717) is 49.0 Å². The number of nitrogens with one attached hydrogen (secondary N) is 1. The average Bonchev–Trinajstić information content (AvgIpc) is 3.32. The second-order valence-corrected chi connectivity index (χ2v) is 9.97. The van der Waals surface area contributed by atoms with E-state index in [1.54, 1.807) is 28.9 Å². The second-order valence-electron chi connectivity index (χ2n) is 8.29. The summed E-state index contributed by atoms with van der Waals surface area (Å²) in [6.45, 7) is 1.90. The van der Waals surface area contributed by atoms with Crippen LogP contribution in [0.4, 0.5) is 5.82 Å². The Morgan fingerprint density at radius 1 is 1.21 bits per heavy atom. The highest BCUT2D eigenvalue weighted by Gasteiger charge is 2.55. The smallest absolute Gasteiger partial charge is 0.241 e. The Bertz CT molecular complexity index is 1230. The van der Waals surface area contributed by atoms with Gasteiger partial charge < -0.3 is 10.8 Å². The van der Waals surface area contributed by atoms with E-state index < -0.39 is 21.2 Å². The zero-order valence-electron chi connectivity index (χ0n) is 16.0.